The first-order valence-corrected chi connectivity index (χ1v) is 7.54. The minimum atomic E-state index is 0. The zero-order valence-electron chi connectivity index (χ0n) is 13.7. The van der Waals surface area contributed by atoms with Crippen LogP contribution in [0.4, 0.5) is 0 Å². The summed E-state index contributed by atoms with van der Waals surface area (Å²) in [6.45, 7) is 6.11. The van der Waals surface area contributed by atoms with Crippen molar-refractivity contribution in [3.8, 4) is 0 Å². The van der Waals surface area contributed by atoms with Crippen molar-refractivity contribution in [2.75, 3.05) is 0 Å². The van der Waals surface area contributed by atoms with Crippen molar-refractivity contribution in [1.29, 1.82) is 0 Å². The van der Waals surface area contributed by atoms with Crippen molar-refractivity contribution in [3.05, 3.63) is 61.3 Å². The highest BCUT2D eigenvalue weighted by molar-refractivity contribution is 5.68. The summed E-state index contributed by atoms with van der Waals surface area (Å²) >= 11 is 0. The molecule has 0 N–H and O–H groups in total. The summed E-state index contributed by atoms with van der Waals surface area (Å²) in [5, 5.41) is 0. The Labute approximate surface area is 175 Å². The Hall–Kier alpha value is -1.16. The highest BCUT2D eigenvalue weighted by Crippen LogP contribution is 2.09. The number of aromatic nitrogens is 2. The Bertz CT molecular complexity index is 813. The van der Waals surface area contributed by atoms with E-state index in [9.17, 15) is 0 Å². The highest BCUT2D eigenvalue weighted by atomic mass is 127. The van der Waals surface area contributed by atoms with Gasteiger partial charge in [-0.15, -0.1) is 0 Å². The second-order valence-electron chi connectivity index (χ2n) is 4.95. The fourth-order valence-corrected chi connectivity index (χ4v) is 2.43. The SMILES string of the molecule is CC[n+]1coc2ccccc21.CC[n+]1coc2ccccc21.[I-].[I-]. The Morgan fingerprint density at radius 2 is 1.04 bits per heavy atom. The lowest BCUT2D eigenvalue weighted by Gasteiger charge is -1.82. The molecule has 6 heteroatoms. The Morgan fingerprint density at radius 1 is 0.667 bits per heavy atom. The first-order chi connectivity index (χ1) is 10.8. The Kier molecular flexibility index (Phi) is 8.68. The van der Waals surface area contributed by atoms with Crippen LogP contribution in [-0.2, 0) is 13.1 Å². The maximum absolute atomic E-state index is 5.30. The molecule has 0 aliphatic carbocycles. The summed E-state index contributed by atoms with van der Waals surface area (Å²) in [6.07, 6.45) is 3.51. The van der Waals surface area contributed by atoms with E-state index in [0.29, 0.717) is 0 Å². The van der Waals surface area contributed by atoms with Crippen LogP contribution in [0.2, 0.25) is 0 Å². The van der Waals surface area contributed by atoms with E-state index in [0.717, 1.165) is 35.3 Å². The number of oxazole rings is 2. The van der Waals surface area contributed by atoms with Gasteiger partial charge < -0.3 is 56.8 Å². The van der Waals surface area contributed by atoms with Gasteiger partial charge in [-0.1, -0.05) is 24.3 Å². The van der Waals surface area contributed by atoms with E-state index in [4.69, 9.17) is 8.83 Å². The molecule has 0 radical (unpaired) electrons. The zero-order chi connectivity index (χ0) is 15.4. The van der Waals surface area contributed by atoms with Gasteiger partial charge in [0.2, 0.25) is 11.2 Å². The molecule has 0 saturated heterocycles. The number of hydrogen-bond acceptors (Lipinski definition) is 2. The lowest BCUT2D eigenvalue weighted by molar-refractivity contribution is -0.672. The molecule has 2 heterocycles. The number of nitrogens with zero attached hydrogens (tertiary/aromatic N) is 2. The van der Waals surface area contributed by atoms with Gasteiger partial charge in [0.25, 0.3) is 11.0 Å². The monoisotopic (exact) mass is 550 g/mol. The van der Waals surface area contributed by atoms with E-state index in [1.54, 1.807) is 12.8 Å². The molecule has 0 aliphatic heterocycles. The molecule has 128 valence electrons. The van der Waals surface area contributed by atoms with Crippen LogP contribution < -0.4 is 57.1 Å². The quantitative estimate of drug-likeness (QED) is 0.204. The minimum absolute atomic E-state index is 0. The molecule has 24 heavy (non-hydrogen) atoms. The summed E-state index contributed by atoms with van der Waals surface area (Å²) in [6, 6.07) is 16.1. The number of aryl methyl sites for hydroxylation is 2. The molecular formula is C18H20I2N2O2. The van der Waals surface area contributed by atoms with Gasteiger partial charge in [-0.25, -0.2) is 0 Å². The molecule has 0 spiro atoms. The molecule has 0 saturated carbocycles. The van der Waals surface area contributed by atoms with Gasteiger partial charge in [-0.05, 0) is 26.0 Å². The number of rotatable bonds is 2. The van der Waals surface area contributed by atoms with Crippen LogP contribution in [0, 0.1) is 0 Å². The van der Waals surface area contributed by atoms with Crippen LogP contribution in [0.25, 0.3) is 22.2 Å². The summed E-state index contributed by atoms with van der Waals surface area (Å²) in [5.74, 6) is 0. The molecule has 0 amide bonds. The second kappa shape index (κ2) is 9.97. The van der Waals surface area contributed by atoms with Crippen LogP contribution >= 0.6 is 0 Å². The first-order valence-electron chi connectivity index (χ1n) is 7.54. The maximum atomic E-state index is 5.30. The van der Waals surface area contributed by atoms with E-state index >= 15 is 0 Å². The van der Waals surface area contributed by atoms with E-state index in [-0.39, 0.29) is 48.0 Å². The molecule has 4 aromatic rings. The van der Waals surface area contributed by atoms with E-state index in [1.165, 1.54) is 0 Å². The molecule has 0 fully saturated rings. The molecule has 0 bridgehead atoms. The van der Waals surface area contributed by atoms with Gasteiger partial charge in [0.05, 0.1) is 0 Å². The maximum Gasteiger partial charge on any atom is 0.335 e. The Balaban J connectivity index is 0.000000222. The summed E-state index contributed by atoms with van der Waals surface area (Å²) in [7, 11) is 0. The van der Waals surface area contributed by atoms with Gasteiger partial charge in [0.1, 0.15) is 13.1 Å². The van der Waals surface area contributed by atoms with Crippen molar-refractivity contribution in [2.24, 2.45) is 0 Å². The highest BCUT2D eigenvalue weighted by Gasteiger charge is 2.09. The van der Waals surface area contributed by atoms with Crippen molar-refractivity contribution in [1.82, 2.24) is 0 Å². The van der Waals surface area contributed by atoms with Crippen molar-refractivity contribution in [2.45, 2.75) is 26.9 Å². The third kappa shape index (κ3) is 4.47. The molecule has 0 aliphatic rings. The second-order valence-corrected chi connectivity index (χ2v) is 4.95. The van der Waals surface area contributed by atoms with Gasteiger partial charge in [-0.2, -0.15) is 9.13 Å². The van der Waals surface area contributed by atoms with Crippen LogP contribution in [0.1, 0.15) is 13.8 Å². The third-order valence-corrected chi connectivity index (χ3v) is 3.64. The number of halogens is 2. The van der Waals surface area contributed by atoms with Crippen molar-refractivity contribution >= 4 is 22.2 Å². The van der Waals surface area contributed by atoms with Gasteiger partial charge in [0.15, 0.2) is 0 Å². The summed E-state index contributed by atoms with van der Waals surface area (Å²) < 4.78 is 14.8. The molecule has 2 aromatic heterocycles. The van der Waals surface area contributed by atoms with Crippen LogP contribution in [0.3, 0.4) is 0 Å². The summed E-state index contributed by atoms with van der Waals surface area (Å²) in [4.78, 5) is 0. The molecule has 0 atom stereocenters. The number of hydrogen-bond donors (Lipinski definition) is 0. The lowest BCUT2D eigenvalue weighted by atomic mass is 10.3. The van der Waals surface area contributed by atoms with E-state index < -0.39 is 0 Å². The molecule has 4 nitrogen and oxygen atoms in total. The lowest BCUT2D eigenvalue weighted by Crippen LogP contribution is -3.00. The van der Waals surface area contributed by atoms with E-state index in [1.807, 2.05) is 36.4 Å². The number of fused-ring (bicyclic) bond motifs is 2. The van der Waals surface area contributed by atoms with Crippen molar-refractivity contribution in [3.63, 3.8) is 0 Å². The minimum Gasteiger partial charge on any atom is -1.00 e. The number of para-hydroxylation sites is 4. The van der Waals surface area contributed by atoms with Crippen molar-refractivity contribution < 1.29 is 65.9 Å². The molecular weight excluding hydrogens is 530 g/mol. The largest absolute Gasteiger partial charge is 1.00 e. The molecule has 2 aromatic carbocycles. The van der Waals surface area contributed by atoms with Crippen LogP contribution in [-0.4, -0.2) is 0 Å². The molecule has 0 unspecified atom stereocenters. The van der Waals surface area contributed by atoms with Gasteiger partial charge in [-0.3, -0.25) is 0 Å². The standard InChI is InChI=1S/2C9H10NO.2HI/c2*1-2-10-7-11-9-6-4-3-5-8(9)10;;/h2*3-7H,2H2,1H3;2*1H/q2*+1;;/p-2. The van der Waals surface area contributed by atoms with Gasteiger partial charge in [0, 0.05) is 12.1 Å². The fraction of sp³-hybridized carbons (Fsp3) is 0.222. The average molecular weight is 550 g/mol. The van der Waals surface area contributed by atoms with Crippen LogP contribution in [0.5, 0.6) is 0 Å². The smallest absolute Gasteiger partial charge is 0.335 e. The topological polar surface area (TPSA) is 34.0 Å². The summed E-state index contributed by atoms with van der Waals surface area (Å²) in [5.41, 5.74) is 4.23. The predicted molar refractivity (Wildman–Crippen MR) is 84.2 cm³/mol. The van der Waals surface area contributed by atoms with Gasteiger partial charge >= 0.3 is 12.8 Å². The van der Waals surface area contributed by atoms with E-state index in [2.05, 4.69) is 35.1 Å². The first kappa shape index (κ1) is 20.9. The zero-order valence-corrected chi connectivity index (χ0v) is 18.0. The average Bonchev–Trinajstić information content (AvgIpc) is 3.19. The predicted octanol–water partition coefficient (Wildman–Crippen LogP) is -2.51. The Morgan fingerprint density at radius 3 is 1.42 bits per heavy atom. The van der Waals surface area contributed by atoms with Crippen LogP contribution in [0.15, 0.2) is 70.2 Å². The third-order valence-electron chi connectivity index (χ3n) is 3.64. The number of benzene rings is 2. The molecule has 4 rings (SSSR count). The normalized spacial score (nSPS) is 9.75. The fourth-order valence-electron chi connectivity index (χ4n) is 2.43.